The molecule has 1 aliphatic carbocycles. The zero-order valence-corrected chi connectivity index (χ0v) is 16.3. The molecule has 2 aromatic heterocycles. The van der Waals surface area contributed by atoms with E-state index in [2.05, 4.69) is 10.2 Å². The Morgan fingerprint density at radius 2 is 2.07 bits per heavy atom. The lowest BCUT2D eigenvalue weighted by atomic mass is 10.1. The van der Waals surface area contributed by atoms with E-state index in [1.807, 2.05) is 22.4 Å². The van der Waals surface area contributed by atoms with Gasteiger partial charge in [0.15, 0.2) is 0 Å². The highest BCUT2D eigenvalue weighted by Crippen LogP contribution is 2.32. The van der Waals surface area contributed by atoms with Crippen molar-refractivity contribution in [2.24, 2.45) is 0 Å². The van der Waals surface area contributed by atoms with Crippen molar-refractivity contribution in [2.45, 2.75) is 51.1 Å². The number of carbonyl (C=O) groups excluding carboxylic acids is 1. The van der Waals surface area contributed by atoms with E-state index in [1.165, 1.54) is 25.7 Å². The number of fused-ring (bicyclic) bond motifs is 1. The van der Waals surface area contributed by atoms with Gasteiger partial charge in [0, 0.05) is 42.5 Å². The van der Waals surface area contributed by atoms with Gasteiger partial charge in [-0.3, -0.25) is 4.79 Å². The van der Waals surface area contributed by atoms with Crippen LogP contribution < -0.4 is 10.2 Å². The molecule has 5 rings (SSSR count). The molecule has 1 saturated carbocycles. The lowest BCUT2D eigenvalue weighted by molar-refractivity contribution is -0.131. The third-order valence-electron chi connectivity index (χ3n) is 5.61. The van der Waals surface area contributed by atoms with Gasteiger partial charge in [0.2, 0.25) is 11.9 Å². The smallest absolute Gasteiger partial charge is 0.228 e. The van der Waals surface area contributed by atoms with Crippen LogP contribution in [-0.2, 0) is 24.2 Å². The molecule has 27 heavy (non-hydrogen) atoms. The number of rotatable bonds is 5. The van der Waals surface area contributed by atoms with E-state index < -0.39 is 0 Å². The first-order valence-corrected chi connectivity index (χ1v) is 10.9. The minimum Gasteiger partial charge on any atom is -0.367 e. The number of nitrogens with zero attached hydrogens (tertiary/aromatic N) is 4. The maximum atomic E-state index is 12.8. The average Bonchev–Trinajstić information content (AvgIpc) is 3.13. The predicted molar refractivity (Wildman–Crippen MR) is 107 cm³/mol. The SMILES string of the molecule is O=C(Cc1cccs1)N1CCc2nc(N3CCCC3)nc(NC3CC3)c2C1. The van der Waals surface area contributed by atoms with Crippen molar-refractivity contribution in [3.63, 3.8) is 0 Å². The summed E-state index contributed by atoms with van der Waals surface area (Å²) < 4.78 is 0. The van der Waals surface area contributed by atoms with Gasteiger partial charge < -0.3 is 15.1 Å². The van der Waals surface area contributed by atoms with Crippen molar-refractivity contribution in [3.8, 4) is 0 Å². The summed E-state index contributed by atoms with van der Waals surface area (Å²) in [5.41, 5.74) is 2.24. The van der Waals surface area contributed by atoms with Crippen LogP contribution in [0, 0.1) is 0 Å². The zero-order valence-electron chi connectivity index (χ0n) is 15.5. The molecule has 1 amide bonds. The molecule has 0 bridgehead atoms. The van der Waals surface area contributed by atoms with Crippen molar-refractivity contribution in [1.29, 1.82) is 0 Å². The fourth-order valence-corrected chi connectivity index (χ4v) is 4.58. The van der Waals surface area contributed by atoms with Gasteiger partial charge in [-0.05, 0) is 37.1 Å². The highest BCUT2D eigenvalue weighted by Gasteiger charge is 2.30. The van der Waals surface area contributed by atoms with Crippen LogP contribution in [0.25, 0.3) is 0 Å². The Hall–Kier alpha value is -2.15. The van der Waals surface area contributed by atoms with Crippen molar-refractivity contribution in [1.82, 2.24) is 14.9 Å². The van der Waals surface area contributed by atoms with Gasteiger partial charge >= 0.3 is 0 Å². The molecule has 2 aromatic rings. The second kappa shape index (κ2) is 7.11. The second-order valence-electron chi connectivity index (χ2n) is 7.73. The Balaban J connectivity index is 1.39. The first-order valence-electron chi connectivity index (χ1n) is 9.98. The van der Waals surface area contributed by atoms with E-state index in [4.69, 9.17) is 9.97 Å². The Kier molecular flexibility index (Phi) is 4.47. The number of hydrogen-bond acceptors (Lipinski definition) is 6. The Bertz CT molecular complexity index is 827. The number of anilines is 2. The van der Waals surface area contributed by atoms with E-state index in [0.29, 0.717) is 19.0 Å². The fraction of sp³-hybridized carbons (Fsp3) is 0.550. The molecule has 4 heterocycles. The second-order valence-corrected chi connectivity index (χ2v) is 8.76. The van der Waals surface area contributed by atoms with Crippen LogP contribution >= 0.6 is 11.3 Å². The van der Waals surface area contributed by atoms with Gasteiger partial charge in [0.05, 0.1) is 18.7 Å². The van der Waals surface area contributed by atoms with Gasteiger partial charge in [-0.25, -0.2) is 4.98 Å². The standard InChI is InChI=1S/C20H25N5OS/c26-18(12-15-4-3-11-27-15)25-10-7-17-16(13-25)19(21-14-5-6-14)23-20(22-17)24-8-1-2-9-24/h3-4,11,14H,1-2,5-10,12-13H2,(H,21,22,23). The van der Waals surface area contributed by atoms with E-state index in [1.54, 1.807) is 11.3 Å². The van der Waals surface area contributed by atoms with Crippen LogP contribution in [0.1, 0.15) is 41.8 Å². The number of nitrogens with one attached hydrogen (secondary N) is 1. The molecule has 3 aliphatic rings. The monoisotopic (exact) mass is 383 g/mol. The van der Waals surface area contributed by atoms with E-state index in [0.717, 1.165) is 54.0 Å². The van der Waals surface area contributed by atoms with Gasteiger partial charge in [-0.2, -0.15) is 4.98 Å². The molecule has 1 saturated heterocycles. The summed E-state index contributed by atoms with van der Waals surface area (Å²) in [5, 5.41) is 5.63. The highest BCUT2D eigenvalue weighted by molar-refractivity contribution is 7.10. The summed E-state index contributed by atoms with van der Waals surface area (Å²) in [7, 11) is 0. The summed E-state index contributed by atoms with van der Waals surface area (Å²) >= 11 is 1.65. The third kappa shape index (κ3) is 3.65. The molecule has 2 aliphatic heterocycles. The number of hydrogen-bond donors (Lipinski definition) is 1. The maximum Gasteiger partial charge on any atom is 0.228 e. The molecule has 0 atom stereocenters. The first kappa shape index (κ1) is 17.0. The maximum absolute atomic E-state index is 12.8. The quantitative estimate of drug-likeness (QED) is 0.860. The van der Waals surface area contributed by atoms with Gasteiger partial charge in [-0.1, -0.05) is 6.07 Å². The molecular weight excluding hydrogens is 358 g/mol. The molecule has 2 fully saturated rings. The third-order valence-corrected chi connectivity index (χ3v) is 6.49. The van der Waals surface area contributed by atoms with E-state index in [9.17, 15) is 4.79 Å². The van der Waals surface area contributed by atoms with Crippen LogP contribution in [0.5, 0.6) is 0 Å². The van der Waals surface area contributed by atoms with Crippen molar-refractivity contribution in [2.75, 3.05) is 29.9 Å². The summed E-state index contributed by atoms with van der Waals surface area (Å²) in [6.07, 6.45) is 6.16. The number of aromatic nitrogens is 2. The summed E-state index contributed by atoms with van der Waals surface area (Å²) in [6, 6.07) is 4.57. The molecule has 7 heteroatoms. The van der Waals surface area contributed by atoms with Crippen LogP contribution in [0.15, 0.2) is 17.5 Å². The van der Waals surface area contributed by atoms with Crippen LogP contribution in [0.4, 0.5) is 11.8 Å². The van der Waals surface area contributed by atoms with Crippen LogP contribution in [0.2, 0.25) is 0 Å². The minimum atomic E-state index is 0.198. The zero-order chi connectivity index (χ0) is 18.2. The molecule has 0 spiro atoms. The lowest BCUT2D eigenvalue weighted by Crippen LogP contribution is -2.38. The molecular formula is C20H25N5OS. The predicted octanol–water partition coefficient (Wildman–Crippen LogP) is 2.84. The fourth-order valence-electron chi connectivity index (χ4n) is 3.89. The summed E-state index contributed by atoms with van der Waals surface area (Å²) in [4.78, 5) is 27.9. The Labute approximate surface area is 163 Å². The highest BCUT2D eigenvalue weighted by atomic mass is 32.1. The van der Waals surface area contributed by atoms with Crippen LogP contribution in [0.3, 0.4) is 0 Å². The molecule has 0 unspecified atom stereocenters. The summed E-state index contributed by atoms with van der Waals surface area (Å²) in [6.45, 7) is 3.46. The molecule has 0 radical (unpaired) electrons. The van der Waals surface area contributed by atoms with E-state index in [-0.39, 0.29) is 5.91 Å². The lowest BCUT2D eigenvalue weighted by Gasteiger charge is -2.30. The Morgan fingerprint density at radius 3 is 2.81 bits per heavy atom. The van der Waals surface area contributed by atoms with Crippen LogP contribution in [-0.4, -0.2) is 46.5 Å². The number of carbonyl (C=O) groups is 1. The van der Waals surface area contributed by atoms with Crippen molar-refractivity contribution >= 4 is 29.0 Å². The first-order chi connectivity index (χ1) is 13.3. The van der Waals surface area contributed by atoms with Crippen molar-refractivity contribution < 1.29 is 4.79 Å². The number of amides is 1. The minimum absolute atomic E-state index is 0.198. The molecule has 1 N–H and O–H groups in total. The molecule has 6 nitrogen and oxygen atoms in total. The van der Waals surface area contributed by atoms with Gasteiger partial charge in [-0.15, -0.1) is 11.3 Å². The Morgan fingerprint density at radius 1 is 1.22 bits per heavy atom. The molecule has 0 aromatic carbocycles. The molecule has 142 valence electrons. The number of thiophene rings is 1. The van der Waals surface area contributed by atoms with E-state index >= 15 is 0 Å². The topological polar surface area (TPSA) is 61.4 Å². The average molecular weight is 384 g/mol. The normalized spacial score (nSPS) is 19.3. The largest absolute Gasteiger partial charge is 0.367 e. The van der Waals surface area contributed by atoms with Gasteiger partial charge in [0.25, 0.3) is 0 Å². The van der Waals surface area contributed by atoms with Gasteiger partial charge in [0.1, 0.15) is 5.82 Å². The van der Waals surface area contributed by atoms with Crippen molar-refractivity contribution in [3.05, 3.63) is 33.6 Å². The summed E-state index contributed by atoms with van der Waals surface area (Å²) in [5.74, 6) is 2.02.